The largest absolute Gasteiger partial charge is 0.385 e. The summed E-state index contributed by atoms with van der Waals surface area (Å²) in [6, 6.07) is 0.184. The van der Waals surface area contributed by atoms with Crippen LogP contribution < -0.4 is 5.32 Å². The number of ether oxygens (including phenoxy) is 1. The Morgan fingerprint density at radius 1 is 1.53 bits per heavy atom. The molecule has 1 atom stereocenters. The summed E-state index contributed by atoms with van der Waals surface area (Å²) in [5.41, 5.74) is 0.369. The number of tetrazole rings is 1. The Hall–Kier alpha value is -1.01. The molecule has 0 bridgehead atoms. The molecule has 1 saturated carbocycles. The third-order valence-electron chi connectivity index (χ3n) is 3.66. The fourth-order valence-corrected chi connectivity index (χ4v) is 2.06. The van der Waals surface area contributed by atoms with Crippen LogP contribution in [0.5, 0.6) is 0 Å². The van der Waals surface area contributed by atoms with Crippen molar-refractivity contribution in [2.75, 3.05) is 20.8 Å². The lowest BCUT2D eigenvalue weighted by Crippen LogP contribution is -2.22. The molecule has 1 heterocycles. The number of methoxy groups -OCH3 is 1. The van der Waals surface area contributed by atoms with Crippen molar-refractivity contribution in [1.82, 2.24) is 25.5 Å². The average molecular weight is 239 g/mol. The van der Waals surface area contributed by atoms with Gasteiger partial charge in [-0.25, -0.2) is 4.68 Å². The zero-order valence-electron chi connectivity index (χ0n) is 10.8. The van der Waals surface area contributed by atoms with E-state index in [4.69, 9.17) is 4.74 Å². The maximum Gasteiger partial charge on any atom is 0.167 e. The molecule has 1 aromatic heterocycles. The maximum absolute atomic E-state index is 5.16. The number of hydrogen-bond acceptors (Lipinski definition) is 5. The van der Waals surface area contributed by atoms with Crippen LogP contribution in [0.15, 0.2) is 0 Å². The Morgan fingerprint density at radius 3 is 2.88 bits per heavy atom. The van der Waals surface area contributed by atoms with Crippen LogP contribution >= 0.6 is 0 Å². The molecule has 6 heteroatoms. The highest BCUT2D eigenvalue weighted by Gasteiger charge is 2.43. The second-order valence-corrected chi connectivity index (χ2v) is 4.95. The molecule has 1 N–H and O–H groups in total. The van der Waals surface area contributed by atoms with Crippen LogP contribution in [0.1, 0.15) is 38.1 Å². The van der Waals surface area contributed by atoms with Gasteiger partial charge in [0.1, 0.15) is 0 Å². The molecule has 6 nitrogen and oxygen atoms in total. The van der Waals surface area contributed by atoms with E-state index < -0.39 is 0 Å². The summed E-state index contributed by atoms with van der Waals surface area (Å²) >= 11 is 0. The summed E-state index contributed by atoms with van der Waals surface area (Å²) in [6.07, 6.45) is 3.60. The van der Waals surface area contributed by atoms with Crippen LogP contribution in [-0.4, -0.2) is 41.0 Å². The van der Waals surface area contributed by atoms with Crippen molar-refractivity contribution in [3.8, 4) is 0 Å². The van der Waals surface area contributed by atoms with E-state index >= 15 is 0 Å². The summed E-state index contributed by atoms with van der Waals surface area (Å²) in [5.74, 6) is 0.913. The minimum atomic E-state index is 0.184. The summed E-state index contributed by atoms with van der Waals surface area (Å²) in [5, 5.41) is 15.1. The van der Waals surface area contributed by atoms with Crippen LogP contribution in [0.4, 0.5) is 0 Å². The fourth-order valence-electron chi connectivity index (χ4n) is 2.06. The highest BCUT2D eigenvalue weighted by molar-refractivity contribution is 4.96. The third-order valence-corrected chi connectivity index (χ3v) is 3.66. The molecule has 96 valence electrons. The van der Waals surface area contributed by atoms with E-state index in [0.717, 1.165) is 25.4 Å². The molecule has 17 heavy (non-hydrogen) atoms. The van der Waals surface area contributed by atoms with E-state index in [9.17, 15) is 0 Å². The van der Waals surface area contributed by atoms with Gasteiger partial charge in [-0.1, -0.05) is 0 Å². The van der Waals surface area contributed by atoms with Crippen molar-refractivity contribution >= 4 is 0 Å². The minimum Gasteiger partial charge on any atom is -0.385 e. The monoisotopic (exact) mass is 239 g/mol. The van der Waals surface area contributed by atoms with Gasteiger partial charge < -0.3 is 10.1 Å². The van der Waals surface area contributed by atoms with Gasteiger partial charge >= 0.3 is 0 Å². The van der Waals surface area contributed by atoms with Gasteiger partial charge in [-0.3, -0.25) is 0 Å². The Labute approximate surface area is 102 Å². The molecule has 2 rings (SSSR count). The Kier molecular flexibility index (Phi) is 3.73. The number of hydrogen-bond donors (Lipinski definition) is 1. The molecule has 0 saturated heterocycles. The van der Waals surface area contributed by atoms with E-state index in [2.05, 4.69) is 27.8 Å². The van der Waals surface area contributed by atoms with Crippen molar-refractivity contribution < 1.29 is 4.74 Å². The average Bonchev–Trinajstić information content (AvgIpc) is 2.95. The molecule has 1 aliphatic carbocycles. The quantitative estimate of drug-likeness (QED) is 0.761. The molecule has 0 aliphatic heterocycles. The first kappa shape index (κ1) is 12.4. The smallest absolute Gasteiger partial charge is 0.167 e. The summed E-state index contributed by atoms with van der Waals surface area (Å²) in [6.45, 7) is 3.79. The fraction of sp³-hybridized carbons (Fsp3) is 0.909. The van der Waals surface area contributed by atoms with Crippen LogP contribution in [0, 0.1) is 5.41 Å². The molecular weight excluding hydrogens is 218 g/mol. The SMILES string of the molecule is CNC(C)c1nnnn1CC1(CCOC)CC1. The molecule has 1 aromatic rings. The highest BCUT2D eigenvalue weighted by Crippen LogP contribution is 2.50. The molecule has 0 amide bonds. The van der Waals surface area contributed by atoms with Crippen LogP contribution in [0.2, 0.25) is 0 Å². The molecule has 1 unspecified atom stereocenters. The van der Waals surface area contributed by atoms with Crippen LogP contribution in [0.25, 0.3) is 0 Å². The van der Waals surface area contributed by atoms with Gasteiger partial charge in [-0.15, -0.1) is 5.10 Å². The number of nitrogens with one attached hydrogen (secondary N) is 1. The van der Waals surface area contributed by atoms with E-state index in [0.29, 0.717) is 5.41 Å². The Bertz CT molecular complexity index is 360. The number of nitrogens with zero attached hydrogens (tertiary/aromatic N) is 4. The highest BCUT2D eigenvalue weighted by atomic mass is 16.5. The van der Waals surface area contributed by atoms with Crippen molar-refractivity contribution in [2.24, 2.45) is 5.41 Å². The predicted octanol–water partition coefficient (Wildman–Crippen LogP) is 0.770. The molecular formula is C11H21N5O. The zero-order valence-corrected chi connectivity index (χ0v) is 10.8. The predicted molar refractivity (Wildman–Crippen MR) is 63.5 cm³/mol. The lowest BCUT2D eigenvalue weighted by Gasteiger charge is -2.16. The molecule has 0 spiro atoms. The lowest BCUT2D eigenvalue weighted by atomic mass is 10.0. The van der Waals surface area contributed by atoms with Crippen molar-refractivity contribution in [1.29, 1.82) is 0 Å². The van der Waals surface area contributed by atoms with E-state index in [1.54, 1.807) is 7.11 Å². The van der Waals surface area contributed by atoms with Gasteiger partial charge in [0, 0.05) is 13.7 Å². The standard InChI is InChI=1S/C11H21N5O/c1-9(12-2)10-13-14-15-16(10)8-11(4-5-11)6-7-17-3/h9,12H,4-8H2,1-3H3. The number of rotatable bonds is 7. The van der Waals surface area contributed by atoms with Crippen molar-refractivity contribution in [2.45, 2.75) is 38.8 Å². The van der Waals surface area contributed by atoms with Crippen molar-refractivity contribution in [3.63, 3.8) is 0 Å². The van der Waals surface area contributed by atoms with Crippen LogP contribution in [-0.2, 0) is 11.3 Å². The first-order chi connectivity index (χ1) is 8.21. The Morgan fingerprint density at radius 2 is 2.29 bits per heavy atom. The maximum atomic E-state index is 5.16. The first-order valence-electron chi connectivity index (χ1n) is 6.13. The normalized spacial score (nSPS) is 19.2. The van der Waals surface area contributed by atoms with Gasteiger partial charge in [0.25, 0.3) is 0 Å². The topological polar surface area (TPSA) is 64.9 Å². The second kappa shape index (κ2) is 5.10. The van der Waals surface area contributed by atoms with E-state index in [-0.39, 0.29) is 6.04 Å². The minimum absolute atomic E-state index is 0.184. The van der Waals surface area contributed by atoms with Crippen LogP contribution in [0.3, 0.4) is 0 Å². The number of aromatic nitrogens is 4. The Balaban J connectivity index is 2.01. The molecule has 1 fully saturated rings. The van der Waals surface area contributed by atoms with Gasteiger partial charge in [0.15, 0.2) is 5.82 Å². The second-order valence-electron chi connectivity index (χ2n) is 4.95. The lowest BCUT2D eigenvalue weighted by molar-refractivity contribution is 0.164. The molecule has 0 radical (unpaired) electrons. The third kappa shape index (κ3) is 2.81. The molecule has 1 aliphatic rings. The van der Waals surface area contributed by atoms with E-state index in [1.807, 2.05) is 11.7 Å². The summed E-state index contributed by atoms with van der Waals surface area (Å²) in [7, 11) is 3.67. The summed E-state index contributed by atoms with van der Waals surface area (Å²) in [4.78, 5) is 0. The van der Waals surface area contributed by atoms with Crippen molar-refractivity contribution in [3.05, 3.63) is 5.82 Å². The van der Waals surface area contributed by atoms with Gasteiger partial charge in [-0.05, 0) is 49.1 Å². The van der Waals surface area contributed by atoms with Gasteiger partial charge in [0.2, 0.25) is 0 Å². The van der Waals surface area contributed by atoms with E-state index in [1.165, 1.54) is 12.8 Å². The summed E-state index contributed by atoms with van der Waals surface area (Å²) < 4.78 is 7.10. The van der Waals surface area contributed by atoms with Gasteiger partial charge in [-0.2, -0.15) is 0 Å². The zero-order chi connectivity index (χ0) is 12.3. The first-order valence-corrected chi connectivity index (χ1v) is 6.13. The van der Waals surface area contributed by atoms with Gasteiger partial charge in [0.05, 0.1) is 12.6 Å². The molecule has 0 aromatic carbocycles.